The van der Waals surface area contributed by atoms with Crippen LogP contribution in [0, 0.1) is 3.57 Å². The van der Waals surface area contributed by atoms with Gasteiger partial charge in [0.15, 0.2) is 6.10 Å². The molecule has 0 aliphatic carbocycles. The van der Waals surface area contributed by atoms with Gasteiger partial charge in [0.2, 0.25) is 0 Å². The summed E-state index contributed by atoms with van der Waals surface area (Å²) in [6.45, 7) is 6.22. The van der Waals surface area contributed by atoms with Crippen molar-refractivity contribution in [2.45, 2.75) is 39.3 Å². The Labute approximate surface area is 165 Å². The van der Waals surface area contributed by atoms with Gasteiger partial charge >= 0.3 is 12.0 Å². The fraction of sp³-hybridized carbons (Fsp3) is 0.412. The molecule has 0 aliphatic heterocycles. The van der Waals surface area contributed by atoms with Gasteiger partial charge in [-0.3, -0.25) is 19.7 Å². The maximum Gasteiger partial charge on any atom is 0.326 e. The minimum atomic E-state index is -1.18. The first kappa shape index (κ1) is 21.9. The smallest absolute Gasteiger partial charge is 0.326 e. The topological polar surface area (TPSA) is 114 Å². The molecule has 3 N–H and O–H groups in total. The number of nitrogens with one attached hydrogen (secondary N) is 3. The molecule has 4 amide bonds. The molecule has 1 rings (SSSR count). The van der Waals surface area contributed by atoms with Crippen LogP contribution in [-0.2, 0) is 14.3 Å². The number of urea groups is 1. The lowest BCUT2D eigenvalue weighted by atomic mass is 10.1. The van der Waals surface area contributed by atoms with Crippen molar-refractivity contribution in [3.63, 3.8) is 0 Å². The second-order valence-electron chi connectivity index (χ2n) is 6.49. The summed E-state index contributed by atoms with van der Waals surface area (Å²) >= 11 is 2.01. The van der Waals surface area contributed by atoms with Gasteiger partial charge in [0.1, 0.15) is 6.54 Å². The van der Waals surface area contributed by atoms with Crippen LogP contribution in [0.5, 0.6) is 0 Å². The number of carbonyl (C=O) groups excluding carboxylic acids is 4. The average Bonchev–Trinajstić information content (AvgIpc) is 2.51. The van der Waals surface area contributed by atoms with E-state index in [1.165, 1.54) is 6.92 Å². The van der Waals surface area contributed by atoms with E-state index < -0.39 is 42.0 Å². The molecular formula is C17H22IN3O5. The highest BCUT2D eigenvalue weighted by Crippen LogP contribution is 2.10. The summed E-state index contributed by atoms with van der Waals surface area (Å²) in [5.74, 6) is -1.97. The Morgan fingerprint density at radius 2 is 1.77 bits per heavy atom. The lowest BCUT2D eigenvalue weighted by Crippen LogP contribution is -2.50. The highest BCUT2D eigenvalue weighted by atomic mass is 127. The number of halogens is 1. The van der Waals surface area contributed by atoms with Gasteiger partial charge in [0.25, 0.3) is 11.8 Å². The van der Waals surface area contributed by atoms with E-state index in [0.29, 0.717) is 5.56 Å². The molecule has 0 saturated carbocycles. The molecule has 1 aromatic carbocycles. The second-order valence-corrected chi connectivity index (χ2v) is 7.65. The fourth-order valence-corrected chi connectivity index (χ4v) is 2.40. The van der Waals surface area contributed by atoms with Gasteiger partial charge in [-0.25, -0.2) is 4.79 Å². The summed E-state index contributed by atoms with van der Waals surface area (Å²) in [4.78, 5) is 47.2. The molecule has 26 heavy (non-hydrogen) atoms. The second kappa shape index (κ2) is 9.51. The van der Waals surface area contributed by atoms with Crippen molar-refractivity contribution < 1.29 is 23.9 Å². The molecule has 0 radical (unpaired) electrons. The van der Waals surface area contributed by atoms with Crippen molar-refractivity contribution in [2.75, 3.05) is 6.54 Å². The molecule has 0 saturated heterocycles. The predicted molar refractivity (Wildman–Crippen MR) is 103 cm³/mol. The Hall–Kier alpha value is -2.17. The lowest BCUT2D eigenvalue weighted by molar-refractivity contribution is -0.153. The molecular weight excluding hydrogens is 453 g/mol. The summed E-state index contributed by atoms with van der Waals surface area (Å²) in [6, 6.07) is 6.22. The van der Waals surface area contributed by atoms with Crippen molar-refractivity contribution in [3.05, 3.63) is 33.4 Å². The number of esters is 1. The van der Waals surface area contributed by atoms with Crippen molar-refractivity contribution in [1.82, 2.24) is 16.0 Å². The Morgan fingerprint density at radius 1 is 1.15 bits per heavy atom. The molecule has 0 aromatic heterocycles. The zero-order valence-corrected chi connectivity index (χ0v) is 17.2. The molecule has 8 nitrogen and oxygen atoms in total. The quantitative estimate of drug-likeness (QED) is 0.442. The van der Waals surface area contributed by atoms with Crippen LogP contribution in [0.25, 0.3) is 0 Å². The zero-order chi connectivity index (χ0) is 19.9. The standard InChI is InChI=1S/C17H22IN3O5/c1-10(14(23)20-16(25)21-17(2,3)4)26-13(22)9-19-15(24)11-7-5-6-8-12(11)18/h5-8,10H,9H2,1-4H3,(H,19,24)(H2,20,21,23,25). The van der Waals surface area contributed by atoms with Crippen LogP contribution < -0.4 is 16.0 Å². The molecule has 0 aliphatic rings. The summed E-state index contributed by atoms with van der Waals surface area (Å²) < 4.78 is 5.66. The average molecular weight is 475 g/mol. The Morgan fingerprint density at radius 3 is 2.35 bits per heavy atom. The maximum absolute atomic E-state index is 12.0. The van der Waals surface area contributed by atoms with E-state index in [4.69, 9.17) is 4.74 Å². The number of amides is 4. The summed E-state index contributed by atoms with van der Waals surface area (Å²) in [6.07, 6.45) is -1.18. The molecule has 0 bridgehead atoms. The molecule has 1 unspecified atom stereocenters. The zero-order valence-electron chi connectivity index (χ0n) is 15.0. The van der Waals surface area contributed by atoms with E-state index in [2.05, 4.69) is 16.0 Å². The van der Waals surface area contributed by atoms with Crippen molar-refractivity contribution in [2.24, 2.45) is 0 Å². The largest absolute Gasteiger partial charge is 0.451 e. The molecule has 0 fully saturated rings. The number of carbonyl (C=O) groups is 4. The Kier molecular flexibility index (Phi) is 8.00. The van der Waals surface area contributed by atoms with Gasteiger partial charge in [-0.05, 0) is 62.4 Å². The van der Waals surface area contributed by atoms with Gasteiger partial charge in [-0.2, -0.15) is 0 Å². The number of imide groups is 1. The van der Waals surface area contributed by atoms with E-state index in [1.54, 1.807) is 45.0 Å². The van der Waals surface area contributed by atoms with E-state index in [1.807, 2.05) is 22.6 Å². The third-order valence-corrected chi connectivity index (χ3v) is 3.86. The van der Waals surface area contributed by atoms with E-state index in [-0.39, 0.29) is 0 Å². The first-order valence-electron chi connectivity index (χ1n) is 7.85. The highest BCUT2D eigenvalue weighted by molar-refractivity contribution is 14.1. The van der Waals surface area contributed by atoms with Gasteiger partial charge in [0, 0.05) is 9.11 Å². The first-order valence-corrected chi connectivity index (χ1v) is 8.92. The third kappa shape index (κ3) is 7.81. The number of ether oxygens (including phenoxy) is 1. The normalized spacial score (nSPS) is 11.9. The number of benzene rings is 1. The summed E-state index contributed by atoms with van der Waals surface area (Å²) in [7, 11) is 0. The molecule has 1 aromatic rings. The van der Waals surface area contributed by atoms with Crippen LogP contribution >= 0.6 is 22.6 Å². The minimum Gasteiger partial charge on any atom is -0.451 e. The number of rotatable bonds is 5. The van der Waals surface area contributed by atoms with Crippen LogP contribution in [0.1, 0.15) is 38.1 Å². The van der Waals surface area contributed by atoms with E-state index >= 15 is 0 Å². The molecule has 0 heterocycles. The van der Waals surface area contributed by atoms with Crippen LogP contribution in [0.4, 0.5) is 4.79 Å². The van der Waals surface area contributed by atoms with Crippen LogP contribution in [0.2, 0.25) is 0 Å². The highest BCUT2D eigenvalue weighted by Gasteiger charge is 2.22. The van der Waals surface area contributed by atoms with Crippen LogP contribution in [0.15, 0.2) is 24.3 Å². The van der Waals surface area contributed by atoms with Crippen molar-refractivity contribution in [3.8, 4) is 0 Å². The molecule has 9 heteroatoms. The van der Waals surface area contributed by atoms with Crippen molar-refractivity contribution in [1.29, 1.82) is 0 Å². The van der Waals surface area contributed by atoms with E-state index in [9.17, 15) is 19.2 Å². The van der Waals surface area contributed by atoms with Gasteiger partial charge in [-0.1, -0.05) is 12.1 Å². The Balaban J connectivity index is 2.44. The van der Waals surface area contributed by atoms with Gasteiger partial charge < -0.3 is 15.4 Å². The minimum absolute atomic E-state index is 0.393. The fourth-order valence-electron chi connectivity index (χ4n) is 1.77. The number of hydrogen-bond acceptors (Lipinski definition) is 5. The van der Waals surface area contributed by atoms with Gasteiger partial charge in [0.05, 0.1) is 5.56 Å². The maximum atomic E-state index is 12.0. The molecule has 1 atom stereocenters. The lowest BCUT2D eigenvalue weighted by Gasteiger charge is -2.21. The number of hydrogen-bond donors (Lipinski definition) is 3. The molecule has 0 spiro atoms. The van der Waals surface area contributed by atoms with Crippen LogP contribution in [-0.4, -0.2) is 42.0 Å². The predicted octanol–water partition coefficient (Wildman–Crippen LogP) is 1.58. The van der Waals surface area contributed by atoms with Gasteiger partial charge in [-0.15, -0.1) is 0 Å². The summed E-state index contributed by atoms with van der Waals surface area (Å²) in [5, 5.41) is 7.06. The third-order valence-electron chi connectivity index (χ3n) is 2.91. The SMILES string of the molecule is CC(OC(=O)CNC(=O)c1ccccc1I)C(=O)NC(=O)NC(C)(C)C. The monoisotopic (exact) mass is 475 g/mol. The Bertz CT molecular complexity index is 700. The van der Waals surface area contributed by atoms with E-state index in [0.717, 1.165) is 3.57 Å². The van der Waals surface area contributed by atoms with Crippen molar-refractivity contribution >= 4 is 46.4 Å². The molecule has 142 valence electrons. The first-order chi connectivity index (χ1) is 12.0. The van der Waals surface area contributed by atoms with Crippen LogP contribution in [0.3, 0.4) is 0 Å². The summed E-state index contributed by atoms with van der Waals surface area (Å²) in [5.41, 5.74) is -0.0747.